The third kappa shape index (κ3) is 3.46. The molecular formula is C18H27N5. The molecule has 1 fully saturated rings. The normalized spacial score (nSPS) is 20.6. The van der Waals surface area contributed by atoms with Crippen LogP contribution in [-0.4, -0.2) is 38.8 Å². The van der Waals surface area contributed by atoms with Gasteiger partial charge in [-0.2, -0.15) is 5.10 Å². The highest BCUT2D eigenvalue weighted by atomic mass is 15.3. The monoisotopic (exact) mass is 313 g/mol. The van der Waals surface area contributed by atoms with Gasteiger partial charge in [0, 0.05) is 36.6 Å². The smallest absolute Gasteiger partial charge is 0.153 e. The summed E-state index contributed by atoms with van der Waals surface area (Å²) in [5.41, 5.74) is 9.71. The molecule has 0 amide bonds. The maximum atomic E-state index is 6.11. The largest absolute Gasteiger partial charge is 0.328 e. The van der Waals surface area contributed by atoms with Crippen LogP contribution in [-0.2, 0) is 6.54 Å². The first kappa shape index (κ1) is 16.1. The van der Waals surface area contributed by atoms with Crippen LogP contribution in [0.25, 0.3) is 5.82 Å². The lowest BCUT2D eigenvalue weighted by atomic mass is 9.92. The fourth-order valence-electron chi connectivity index (χ4n) is 3.49. The van der Waals surface area contributed by atoms with E-state index in [1.54, 1.807) is 0 Å². The molecule has 0 saturated carbocycles. The zero-order valence-electron chi connectivity index (χ0n) is 14.4. The molecule has 124 valence electrons. The number of likely N-dealkylation sites (tertiary alicyclic amines) is 1. The highest BCUT2D eigenvalue weighted by Gasteiger charge is 2.24. The standard InChI is InChI=1S/C18H27N5/c1-13(19)16-7-6-10-22(11-16)12-17-14(2)21-23(15(17)3)18-8-4-5-9-20-18/h4-5,8-9,13,16H,6-7,10-12,19H2,1-3H3. The van der Waals surface area contributed by atoms with Crippen molar-refractivity contribution < 1.29 is 0 Å². The molecule has 1 aliphatic heterocycles. The molecular weight excluding hydrogens is 286 g/mol. The lowest BCUT2D eigenvalue weighted by Crippen LogP contribution is -2.42. The van der Waals surface area contributed by atoms with E-state index in [1.807, 2.05) is 29.1 Å². The lowest BCUT2D eigenvalue weighted by molar-refractivity contribution is 0.154. The Bertz CT molecular complexity index is 647. The second-order valence-corrected chi connectivity index (χ2v) is 6.75. The van der Waals surface area contributed by atoms with E-state index >= 15 is 0 Å². The molecule has 1 saturated heterocycles. The SMILES string of the molecule is Cc1nn(-c2ccccn2)c(C)c1CN1CCCC(C(C)N)C1. The molecule has 0 aliphatic carbocycles. The van der Waals surface area contributed by atoms with Gasteiger partial charge < -0.3 is 5.73 Å². The molecule has 2 unspecified atom stereocenters. The van der Waals surface area contributed by atoms with E-state index in [9.17, 15) is 0 Å². The molecule has 2 N–H and O–H groups in total. The number of nitrogens with two attached hydrogens (primary N) is 1. The minimum Gasteiger partial charge on any atom is -0.328 e. The van der Waals surface area contributed by atoms with Crippen molar-refractivity contribution in [2.75, 3.05) is 13.1 Å². The molecule has 5 nitrogen and oxygen atoms in total. The van der Waals surface area contributed by atoms with E-state index in [1.165, 1.54) is 24.1 Å². The Hall–Kier alpha value is -1.72. The summed E-state index contributed by atoms with van der Waals surface area (Å²) in [5, 5.41) is 4.70. The number of rotatable bonds is 4. The highest BCUT2D eigenvalue weighted by Crippen LogP contribution is 2.23. The fourth-order valence-corrected chi connectivity index (χ4v) is 3.49. The number of hydrogen-bond donors (Lipinski definition) is 1. The van der Waals surface area contributed by atoms with Gasteiger partial charge in [0.05, 0.1) is 5.69 Å². The quantitative estimate of drug-likeness (QED) is 0.942. The summed E-state index contributed by atoms with van der Waals surface area (Å²) < 4.78 is 1.96. The van der Waals surface area contributed by atoms with E-state index in [2.05, 4.69) is 30.7 Å². The predicted molar refractivity (Wildman–Crippen MR) is 92.5 cm³/mol. The maximum absolute atomic E-state index is 6.11. The second-order valence-electron chi connectivity index (χ2n) is 6.75. The van der Waals surface area contributed by atoms with Gasteiger partial charge in [-0.15, -0.1) is 0 Å². The summed E-state index contributed by atoms with van der Waals surface area (Å²) in [6, 6.07) is 6.20. The maximum Gasteiger partial charge on any atom is 0.153 e. The number of piperidine rings is 1. The van der Waals surface area contributed by atoms with Crippen molar-refractivity contribution in [3.05, 3.63) is 41.3 Å². The van der Waals surface area contributed by atoms with E-state index in [0.29, 0.717) is 5.92 Å². The first-order chi connectivity index (χ1) is 11.1. The predicted octanol–water partition coefficient (Wildman–Crippen LogP) is 2.44. The molecule has 2 aromatic rings. The zero-order valence-corrected chi connectivity index (χ0v) is 14.4. The lowest BCUT2D eigenvalue weighted by Gasteiger charge is -2.34. The van der Waals surface area contributed by atoms with Gasteiger partial charge >= 0.3 is 0 Å². The average Bonchev–Trinajstić information content (AvgIpc) is 2.84. The molecule has 23 heavy (non-hydrogen) atoms. The third-order valence-corrected chi connectivity index (χ3v) is 4.97. The van der Waals surface area contributed by atoms with Crippen molar-refractivity contribution in [3.63, 3.8) is 0 Å². The summed E-state index contributed by atoms with van der Waals surface area (Å²) in [6.07, 6.45) is 4.29. The van der Waals surface area contributed by atoms with Crippen LogP contribution in [0.15, 0.2) is 24.4 Å². The van der Waals surface area contributed by atoms with Crippen LogP contribution >= 0.6 is 0 Å². The van der Waals surface area contributed by atoms with Crippen LogP contribution in [0, 0.1) is 19.8 Å². The Morgan fingerprint density at radius 1 is 1.35 bits per heavy atom. The van der Waals surface area contributed by atoms with E-state index < -0.39 is 0 Å². The number of nitrogens with zero attached hydrogens (tertiary/aromatic N) is 4. The van der Waals surface area contributed by atoms with Gasteiger partial charge in [-0.3, -0.25) is 4.90 Å². The first-order valence-electron chi connectivity index (χ1n) is 8.50. The molecule has 1 aliphatic rings. The van der Waals surface area contributed by atoms with E-state index in [-0.39, 0.29) is 6.04 Å². The first-order valence-corrected chi connectivity index (χ1v) is 8.50. The van der Waals surface area contributed by atoms with Gasteiger partial charge in [0.2, 0.25) is 0 Å². The summed E-state index contributed by atoms with van der Waals surface area (Å²) in [4.78, 5) is 6.94. The number of aromatic nitrogens is 3. The summed E-state index contributed by atoms with van der Waals surface area (Å²) in [7, 11) is 0. The Labute approximate surface area is 138 Å². The van der Waals surface area contributed by atoms with Crippen LogP contribution in [0.3, 0.4) is 0 Å². The zero-order chi connectivity index (χ0) is 16.4. The summed E-state index contributed by atoms with van der Waals surface area (Å²) >= 11 is 0. The van der Waals surface area contributed by atoms with Crippen molar-refractivity contribution >= 4 is 0 Å². The second kappa shape index (κ2) is 6.81. The van der Waals surface area contributed by atoms with Crippen molar-refractivity contribution in [1.29, 1.82) is 0 Å². The van der Waals surface area contributed by atoms with Crippen molar-refractivity contribution in [2.24, 2.45) is 11.7 Å². The molecule has 2 aromatic heterocycles. The van der Waals surface area contributed by atoms with Gasteiger partial charge in [-0.25, -0.2) is 9.67 Å². The molecule has 0 aromatic carbocycles. The fraction of sp³-hybridized carbons (Fsp3) is 0.556. The van der Waals surface area contributed by atoms with Gasteiger partial charge in [-0.1, -0.05) is 6.07 Å². The Balaban J connectivity index is 1.80. The van der Waals surface area contributed by atoms with Gasteiger partial charge in [0.25, 0.3) is 0 Å². The highest BCUT2D eigenvalue weighted by molar-refractivity contribution is 5.32. The summed E-state index contributed by atoms with van der Waals surface area (Å²) in [6.45, 7) is 9.55. The van der Waals surface area contributed by atoms with Crippen LogP contribution < -0.4 is 5.73 Å². The van der Waals surface area contributed by atoms with Gasteiger partial charge in [0.15, 0.2) is 5.82 Å². The van der Waals surface area contributed by atoms with Crippen LogP contribution in [0.5, 0.6) is 0 Å². The van der Waals surface area contributed by atoms with Gasteiger partial charge in [-0.05, 0) is 58.2 Å². The Morgan fingerprint density at radius 3 is 2.87 bits per heavy atom. The number of hydrogen-bond acceptors (Lipinski definition) is 4. The Kier molecular flexibility index (Phi) is 4.78. The van der Waals surface area contributed by atoms with Crippen LogP contribution in [0.2, 0.25) is 0 Å². The minimum atomic E-state index is 0.274. The molecule has 3 heterocycles. The van der Waals surface area contributed by atoms with Crippen molar-refractivity contribution in [1.82, 2.24) is 19.7 Å². The van der Waals surface area contributed by atoms with Crippen LogP contribution in [0.1, 0.15) is 36.7 Å². The molecule has 2 atom stereocenters. The number of aryl methyl sites for hydroxylation is 1. The Morgan fingerprint density at radius 2 is 2.17 bits per heavy atom. The number of pyridine rings is 1. The van der Waals surface area contributed by atoms with E-state index in [0.717, 1.165) is 31.1 Å². The van der Waals surface area contributed by atoms with Crippen LogP contribution in [0.4, 0.5) is 0 Å². The van der Waals surface area contributed by atoms with Crippen molar-refractivity contribution in [2.45, 2.75) is 46.2 Å². The van der Waals surface area contributed by atoms with Crippen molar-refractivity contribution in [3.8, 4) is 5.82 Å². The topological polar surface area (TPSA) is 60.0 Å². The molecule has 0 radical (unpaired) electrons. The third-order valence-electron chi connectivity index (χ3n) is 4.97. The molecule has 3 rings (SSSR count). The van der Waals surface area contributed by atoms with Gasteiger partial charge in [0.1, 0.15) is 0 Å². The minimum absolute atomic E-state index is 0.274. The molecule has 0 bridgehead atoms. The average molecular weight is 313 g/mol. The summed E-state index contributed by atoms with van der Waals surface area (Å²) in [5.74, 6) is 1.49. The van der Waals surface area contributed by atoms with E-state index in [4.69, 9.17) is 10.8 Å². The molecule has 5 heteroatoms. The molecule has 0 spiro atoms.